The molecule has 2 atom stereocenters. The van der Waals surface area contributed by atoms with Gasteiger partial charge in [-0.1, -0.05) is 22.6 Å². The van der Waals surface area contributed by atoms with Crippen LogP contribution >= 0.6 is 22.6 Å². The standard InChI is InChI=1S/C10H19IN2/c1-9(11)13-7-4-10(8-13)12-5-2-3-6-12/h9-10H,2-8H2,1H3/t9-,10-/m1/s1. The summed E-state index contributed by atoms with van der Waals surface area (Å²) in [5.74, 6) is 0. The van der Waals surface area contributed by atoms with Crippen LogP contribution in [0.25, 0.3) is 0 Å². The van der Waals surface area contributed by atoms with Gasteiger partial charge >= 0.3 is 0 Å². The number of rotatable bonds is 2. The number of hydrogen-bond donors (Lipinski definition) is 0. The van der Waals surface area contributed by atoms with Crippen LogP contribution in [0, 0.1) is 0 Å². The number of hydrogen-bond acceptors (Lipinski definition) is 2. The summed E-state index contributed by atoms with van der Waals surface area (Å²) in [5, 5.41) is 0. The smallest absolute Gasteiger partial charge is 0.0590 e. The lowest BCUT2D eigenvalue weighted by molar-refractivity contribution is 0.233. The van der Waals surface area contributed by atoms with E-state index in [4.69, 9.17) is 0 Å². The van der Waals surface area contributed by atoms with E-state index in [1.807, 2.05) is 0 Å². The molecule has 0 saturated carbocycles. The number of likely N-dealkylation sites (tertiary alicyclic amines) is 2. The fourth-order valence-electron chi connectivity index (χ4n) is 2.50. The van der Waals surface area contributed by atoms with Crippen molar-refractivity contribution in [3.05, 3.63) is 0 Å². The first kappa shape index (κ1) is 10.2. The van der Waals surface area contributed by atoms with Crippen LogP contribution in [0.15, 0.2) is 0 Å². The van der Waals surface area contributed by atoms with Crippen molar-refractivity contribution in [2.75, 3.05) is 26.2 Å². The Morgan fingerprint density at radius 3 is 2.46 bits per heavy atom. The van der Waals surface area contributed by atoms with Gasteiger partial charge in [-0.15, -0.1) is 0 Å². The van der Waals surface area contributed by atoms with Crippen molar-refractivity contribution in [3.8, 4) is 0 Å². The molecule has 2 fully saturated rings. The fourth-order valence-corrected chi connectivity index (χ4v) is 3.00. The molecule has 0 bridgehead atoms. The van der Waals surface area contributed by atoms with Crippen LogP contribution in [0.1, 0.15) is 26.2 Å². The normalized spacial score (nSPS) is 34.2. The minimum Gasteiger partial charge on any atom is -0.299 e. The van der Waals surface area contributed by atoms with Gasteiger partial charge in [0.15, 0.2) is 0 Å². The van der Waals surface area contributed by atoms with E-state index >= 15 is 0 Å². The molecule has 0 aromatic heterocycles. The van der Waals surface area contributed by atoms with Gasteiger partial charge < -0.3 is 0 Å². The first-order valence-electron chi connectivity index (χ1n) is 5.39. The lowest BCUT2D eigenvalue weighted by Gasteiger charge is -2.24. The highest BCUT2D eigenvalue weighted by Crippen LogP contribution is 2.23. The van der Waals surface area contributed by atoms with Gasteiger partial charge in [0.25, 0.3) is 0 Å². The molecule has 2 rings (SSSR count). The monoisotopic (exact) mass is 294 g/mol. The highest BCUT2D eigenvalue weighted by atomic mass is 127. The Morgan fingerprint density at radius 1 is 1.23 bits per heavy atom. The fraction of sp³-hybridized carbons (Fsp3) is 1.00. The molecule has 0 aromatic carbocycles. The molecule has 3 heteroatoms. The van der Waals surface area contributed by atoms with Gasteiger partial charge in [0.05, 0.1) is 4.05 Å². The van der Waals surface area contributed by atoms with Gasteiger partial charge in [0.1, 0.15) is 0 Å². The maximum absolute atomic E-state index is 2.69. The average molecular weight is 294 g/mol. The predicted molar refractivity (Wildman–Crippen MR) is 64.3 cm³/mol. The topological polar surface area (TPSA) is 6.48 Å². The summed E-state index contributed by atoms with van der Waals surface area (Å²) in [6.07, 6.45) is 4.25. The molecule has 2 aliphatic rings. The van der Waals surface area contributed by atoms with E-state index in [9.17, 15) is 0 Å². The van der Waals surface area contributed by atoms with Gasteiger partial charge in [0, 0.05) is 19.1 Å². The van der Waals surface area contributed by atoms with Gasteiger partial charge in [0.2, 0.25) is 0 Å². The maximum Gasteiger partial charge on any atom is 0.0590 e. The lowest BCUT2D eigenvalue weighted by atomic mass is 10.2. The zero-order valence-electron chi connectivity index (χ0n) is 8.38. The van der Waals surface area contributed by atoms with E-state index in [0.29, 0.717) is 4.05 Å². The second-order valence-electron chi connectivity index (χ2n) is 4.25. The van der Waals surface area contributed by atoms with Crippen LogP contribution in [-0.4, -0.2) is 46.1 Å². The second kappa shape index (κ2) is 4.45. The zero-order chi connectivity index (χ0) is 9.26. The third-order valence-corrected chi connectivity index (χ3v) is 4.14. The van der Waals surface area contributed by atoms with Crippen LogP contribution in [0.2, 0.25) is 0 Å². The highest BCUT2D eigenvalue weighted by molar-refractivity contribution is 14.1. The average Bonchev–Trinajstić information content (AvgIpc) is 2.75. The summed E-state index contributed by atoms with van der Waals surface area (Å²) >= 11 is 2.53. The molecule has 2 nitrogen and oxygen atoms in total. The molecule has 76 valence electrons. The minimum atomic E-state index is 0.713. The third-order valence-electron chi connectivity index (χ3n) is 3.36. The van der Waals surface area contributed by atoms with E-state index in [0.717, 1.165) is 6.04 Å². The molecule has 2 aliphatic heterocycles. The third kappa shape index (κ3) is 2.36. The van der Waals surface area contributed by atoms with Gasteiger partial charge in [-0.2, -0.15) is 0 Å². The van der Waals surface area contributed by atoms with Crippen molar-refractivity contribution in [1.29, 1.82) is 0 Å². The van der Waals surface area contributed by atoms with Crippen molar-refractivity contribution >= 4 is 22.6 Å². The molecule has 2 heterocycles. The predicted octanol–water partition coefficient (Wildman–Crippen LogP) is 1.94. The number of nitrogens with zero attached hydrogens (tertiary/aromatic N) is 2. The van der Waals surface area contributed by atoms with Crippen LogP contribution in [0.3, 0.4) is 0 Å². The van der Waals surface area contributed by atoms with Crippen molar-refractivity contribution < 1.29 is 0 Å². The molecule has 0 unspecified atom stereocenters. The molecule has 0 amide bonds. The highest BCUT2D eigenvalue weighted by Gasteiger charge is 2.30. The quantitative estimate of drug-likeness (QED) is 0.436. The Bertz CT molecular complexity index is 166. The summed E-state index contributed by atoms with van der Waals surface area (Å²) in [6.45, 7) is 7.63. The van der Waals surface area contributed by atoms with Crippen molar-refractivity contribution in [2.45, 2.75) is 36.3 Å². The van der Waals surface area contributed by atoms with E-state index in [2.05, 4.69) is 39.3 Å². The van der Waals surface area contributed by atoms with Crippen LogP contribution in [0.4, 0.5) is 0 Å². The van der Waals surface area contributed by atoms with Crippen LogP contribution in [-0.2, 0) is 0 Å². The zero-order valence-corrected chi connectivity index (χ0v) is 10.5. The first-order valence-corrected chi connectivity index (χ1v) is 6.64. The molecule has 0 N–H and O–H groups in total. The molecule has 2 saturated heterocycles. The van der Waals surface area contributed by atoms with Gasteiger partial charge in [-0.3, -0.25) is 9.80 Å². The van der Waals surface area contributed by atoms with Gasteiger partial charge in [-0.05, 0) is 39.3 Å². The van der Waals surface area contributed by atoms with E-state index in [1.165, 1.54) is 45.4 Å². The molecule has 0 spiro atoms. The SMILES string of the molecule is C[C@H](I)N1CC[C@@H](N2CCCC2)C1. The summed E-state index contributed by atoms with van der Waals surface area (Å²) < 4.78 is 0.713. The van der Waals surface area contributed by atoms with Crippen molar-refractivity contribution in [3.63, 3.8) is 0 Å². The number of alkyl halides is 1. The lowest BCUT2D eigenvalue weighted by Crippen LogP contribution is -2.36. The summed E-state index contributed by atoms with van der Waals surface area (Å²) in [5.41, 5.74) is 0. The largest absolute Gasteiger partial charge is 0.299 e. The van der Waals surface area contributed by atoms with Crippen molar-refractivity contribution in [2.24, 2.45) is 0 Å². The summed E-state index contributed by atoms with van der Waals surface area (Å²) in [7, 11) is 0. The van der Waals surface area contributed by atoms with E-state index < -0.39 is 0 Å². The van der Waals surface area contributed by atoms with Gasteiger partial charge in [-0.25, -0.2) is 0 Å². The minimum absolute atomic E-state index is 0.713. The molecule has 13 heavy (non-hydrogen) atoms. The Morgan fingerprint density at radius 2 is 1.92 bits per heavy atom. The molecule has 0 radical (unpaired) electrons. The molecule has 0 aromatic rings. The van der Waals surface area contributed by atoms with Crippen LogP contribution in [0.5, 0.6) is 0 Å². The maximum atomic E-state index is 2.69. The van der Waals surface area contributed by atoms with E-state index in [1.54, 1.807) is 0 Å². The summed E-state index contributed by atoms with van der Waals surface area (Å²) in [6, 6.07) is 0.875. The first-order chi connectivity index (χ1) is 6.27. The molecular formula is C10H19IN2. The molecule has 0 aliphatic carbocycles. The Labute approximate surface area is 94.8 Å². The second-order valence-corrected chi connectivity index (χ2v) is 6.06. The number of halogens is 1. The van der Waals surface area contributed by atoms with E-state index in [-0.39, 0.29) is 0 Å². The Balaban J connectivity index is 1.83. The van der Waals surface area contributed by atoms with Crippen molar-refractivity contribution in [1.82, 2.24) is 9.80 Å². The summed E-state index contributed by atoms with van der Waals surface area (Å²) in [4.78, 5) is 5.29. The Hall–Kier alpha value is 0.650. The van der Waals surface area contributed by atoms with Crippen LogP contribution < -0.4 is 0 Å². The molecular weight excluding hydrogens is 275 g/mol. The Kier molecular flexibility index (Phi) is 3.48.